The smallest absolute Gasteiger partial charge is 0.262 e. The first-order valence-electron chi connectivity index (χ1n) is 11.3. The highest BCUT2D eigenvalue weighted by Gasteiger charge is 2.22. The van der Waals surface area contributed by atoms with Crippen LogP contribution in [0.15, 0.2) is 71.8 Å². The molecule has 0 saturated carbocycles. The maximum absolute atomic E-state index is 12.7. The number of ether oxygens (including phenoxy) is 1. The lowest BCUT2D eigenvalue weighted by molar-refractivity contribution is -0.123. The van der Waals surface area contributed by atoms with Crippen LogP contribution in [0.4, 0.5) is 0 Å². The molecule has 2 N–H and O–H groups in total. The number of benzene rings is 3. The molecule has 3 aromatic rings. The van der Waals surface area contributed by atoms with Crippen molar-refractivity contribution in [2.24, 2.45) is 11.0 Å². The van der Waals surface area contributed by atoms with Gasteiger partial charge in [0.2, 0.25) is 0 Å². The van der Waals surface area contributed by atoms with Crippen LogP contribution in [0.3, 0.4) is 0 Å². The van der Waals surface area contributed by atoms with Gasteiger partial charge in [-0.2, -0.15) is 5.10 Å². The Hall–Kier alpha value is -3.06. The number of hydrogen-bond acceptors (Lipinski definition) is 4. The van der Waals surface area contributed by atoms with Crippen LogP contribution < -0.4 is 15.5 Å². The molecule has 36 heavy (non-hydrogen) atoms. The Morgan fingerprint density at radius 3 is 2.25 bits per heavy atom. The van der Waals surface area contributed by atoms with Crippen LogP contribution in [-0.2, 0) is 11.4 Å². The van der Waals surface area contributed by atoms with Crippen molar-refractivity contribution in [1.82, 2.24) is 10.7 Å². The highest BCUT2D eigenvalue weighted by Crippen LogP contribution is 2.23. The summed E-state index contributed by atoms with van der Waals surface area (Å²) in [7, 11) is 0. The average Bonchev–Trinajstić information content (AvgIpc) is 2.84. The lowest BCUT2D eigenvalue weighted by atomic mass is 10.0. The zero-order chi connectivity index (χ0) is 26.1. The van der Waals surface area contributed by atoms with Crippen LogP contribution in [-0.4, -0.2) is 24.1 Å². The second kappa shape index (κ2) is 13.3. The zero-order valence-corrected chi connectivity index (χ0v) is 22.1. The van der Waals surface area contributed by atoms with Crippen molar-refractivity contribution in [3.63, 3.8) is 0 Å². The Morgan fingerprint density at radius 1 is 0.944 bits per heavy atom. The molecule has 0 radical (unpaired) electrons. The largest absolute Gasteiger partial charge is 0.489 e. The normalized spacial score (nSPS) is 11.9. The maximum atomic E-state index is 12.7. The first-order valence-corrected chi connectivity index (χ1v) is 12.4. The third-order valence-electron chi connectivity index (χ3n) is 5.11. The molecule has 1 unspecified atom stereocenters. The van der Waals surface area contributed by atoms with Gasteiger partial charge in [-0.15, -0.1) is 0 Å². The van der Waals surface area contributed by atoms with E-state index < -0.39 is 11.9 Å². The highest BCUT2D eigenvalue weighted by atomic mass is 35.5. The number of hydrazone groups is 1. The molecule has 0 spiro atoms. The summed E-state index contributed by atoms with van der Waals surface area (Å²) in [6, 6.07) is 18.2. The van der Waals surface area contributed by atoms with Gasteiger partial charge in [0.25, 0.3) is 11.8 Å². The van der Waals surface area contributed by atoms with E-state index in [-0.39, 0.29) is 11.8 Å². The van der Waals surface area contributed by atoms with Gasteiger partial charge in [-0.25, -0.2) is 5.43 Å². The molecule has 3 rings (SSSR count). The molecule has 1 atom stereocenters. The van der Waals surface area contributed by atoms with Crippen LogP contribution in [0, 0.1) is 5.92 Å². The lowest BCUT2D eigenvalue weighted by Gasteiger charge is -2.19. The fourth-order valence-electron chi connectivity index (χ4n) is 3.24. The topological polar surface area (TPSA) is 79.8 Å². The van der Waals surface area contributed by atoms with Crippen LogP contribution in [0.2, 0.25) is 15.1 Å². The monoisotopic (exact) mass is 545 g/mol. The van der Waals surface area contributed by atoms with Gasteiger partial charge >= 0.3 is 0 Å². The van der Waals surface area contributed by atoms with Gasteiger partial charge < -0.3 is 10.1 Å². The molecule has 0 saturated heterocycles. The Balaban J connectivity index is 1.54. The predicted octanol–water partition coefficient (Wildman–Crippen LogP) is 6.52. The zero-order valence-electron chi connectivity index (χ0n) is 19.8. The summed E-state index contributed by atoms with van der Waals surface area (Å²) < 4.78 is 5.77. The third-order valence-corrected chi connectivity index (χ3v) is 5.95. The van der Waals surface area contributed by atoms with Crippen LogP contribution >= 0.6 is 34.8 Å². The SMILES string of the molecule is CC(C)CC(NC(=O)c1ccc(Cl)cc1)C(=O)N/N=C/c1ccc(OCc2ccc(Cl)cc2Cl)cc1. The summed E-state index contributed by atoms with van der Waals surface area (Å²) in [5.41, 5.74) is 4.52. The Labute approximate surface area is 225 Å². The quantitative estimate of drug-likeness (QED) is 0.224. The van der Waals surface area contributed by atoms with E-state index in [4.69, 9.17) is 39.5 Å². The number of halogens is 3. The van der Waals surface area contributed by atoms with Crippen LogP contribution in [0.1, 0.15) is 41.8 Å². The minimum Gasteiger partial charge on any atom is -0.489 e. The van der Waals surface area contributed by atoms with Crippen molar-refractivity contribution < 1.29 is 14.3 Å². The number of nitrogens with zero attached hydrogens (tertiary/aromatic N) is 1. The summed E-state index contributed by atoms with van der Waals surface area (Å²) in [5.74, 6) is 0.0867. The molecule has 2 amide bonds. The number of hydrogen-bond donors (Lipinski definition) is 2. The van der Waals surface area contributed by atoms with Gasteiger partial charge in [-0.05, 0) is 78.6 Å². The molecule has 0 bridgehead atoms. The molecule has 3 aromatic carbocycles. The standard InChI is InChI=1S/C27H26Cl3N3O3/c1-17(2)13-25(32-26(34)19-5-8-21(28)9-6-19)27(35)33-31-15-18-3-11-23(12-4-18)36-16-20-7-10-22(29)14-24(20)30/h3-12,14-15,17,25H,13,16H2,1-2H3,(H,32,34)(H,33,35)/b31-15+. The van der Waals surface area contributed by atoms with E-state index >= 15 is 0 Å². The van der Waals surface area contributed by atoms with Gasteiger partial charge in [0, 0.05) is 26.2 Å². The summed E-state index contributed by atoms with van der Waals surface area (Å²) in [5, 5.41) is 8.46. The van der Waals surface area contributed by atoms with E-state index in [2.05, 4.69) is 15.8 Å². The number of carbonyl (C=O) groups is 2. The maximum Gasteiger partial charge on any atom is 0.262 e. The van der Waals surface area contributed by atoms with E-state index in [0.717, 1.165) is 11.1 Å². The minimum atomic E-state index is -0.735. The first-order chi connectivity index (χ1) is 17.2. The molecule has 188 valence electrons. The second-order valence-electron chi connectivity index (χ2n) is 8.49. The molecule has 0 aromatic heterocycles. The molecule has 6 nitrogen and oxygen atoms in total. The molecule has 0 aliphatic heterocycles. The second-order valence-corrected chi connectivity index (χ2v) is 9.77. The Bertz CT molecular complexity index is 1210. The molecule has 0 fully saturated rings. The van der Waals surface area contributed by atoms with E-state index in [1.165, 1.54) is 6.21 Å². The Morgan fingerprint density at radius 2 is 1.61 bits per heavy atom. The van der Waals surface area contributed by atoms with E-state index in [0.29, 0.717) is 39.4 Å². The minimum absolute atomic E-state index is 0.186. The summed E-state index contributed by atoms with van der Waals surface area (Å²) in [6.45, 7) is 4.25. The number of amides is 2. The Kier molecular flexibility index (Phi) is 10.2. The summed E-state index contributed by atoms with van der Waals surface area (Å²) >= 11 is 18.0. The van der Waals surface area contributed by atoms with Gasteiger partial charge in [0.1, 0.15) is 18.4 Å². The molecule has 9 heteroatoms. The molecule has 0 aliphatic rings. The van der Waals surface area contributed by atoms with Crippen molar-refractivity contribution >= 4 is 52.8 Å². The molecule has 0 aliphatic carbocycles. The van der Waals surface area contributed by atoms with Crippen LogP contribution in [0.25, 0.3) is 0 Å². The van der Waals surface area contributed by atoms with Gasteiger partial charge in [0.15, 0.2) is 0 Å². The molecule has 0 heterocycles. The van der Waals surface area contributed by atoms with Crippen molar-refractivity contribution in [1.29, 1.82) is 0 Å². The van der Waals surface area contributed by atoms with Gasteiger partial charge in [-0.1, -0.05) is 54.7 Å². The van der Waals surface area contributed by atoms with Crippen molar-refractivity contribution in [3.05, 3.63) is 98.5 Å². The van der Waals surface area contributed by atoms with Crippen molar-refractivity contribution in [3.8, 4) is 5.75 Å². The van der Waals surface area contributed by atoms with Crippen molar-refractivity contribution in [2.45, 2.75) is 32.9 Å². The fraction of sp³-hybridized carbons (Fsp3) is 0.222. The van der Waals surface area contributed by atoms with E-state index in [9.17, 15) is 9.59 Å². The molecular weight excluding hydrogens is 521 g/mol. The highest BCUT2D eigenvalue weighted by molar-refractivity contribution is 6.35. The number of rotatable bonds is 10. The van der Waals surface area contributed by atoms with Gasteiger partial charge in [0.05, 0.1) is 6.21 Å². The van der Waals surface area contributed by atoms with E-state index in [1.54, 1.807) is 48.5 Å². The fourth-order valence-corrected chi connectivity index (χ4v) is 3.83. The molecular formula is C27H26Cl3N3O3. The average molecular weight is 547 g/mol. The predicted molar refractivity (Wildman–Crippen MR) is 145 cm³/mol. The van der Waals surface area contributed by atoms with E-state index in [1.807, 2.05) is 32.0 Å². The van der Waals surface area contributed by atoms with Crippen LogP contribution in [0.5, 0.6) is 5.75 Å². The number of nitrogens with one attached hydrogen (secondary N) is 2. The lowest BCUT2D eigenvalue weighted by Crippen LogP contribution is -2.46. The number of carbonyl (C=O) groups excluding carboxylic acids is 2. The summed E-state index contributed by atoms with van der Waals surface area (Å²) in [6.07, 6.45) is 1.98. The van der Waals surface area contributed by atoms with Gasteiger partial charge in [-0.3, -0.25) is 9.59 Å². The first kappa shape index (κ1) is 27.5. The summed E-state index contributed by atoms with van der Waals surface area (Å²) in [4.78, 5) is 25.3. The third kappa shape index (κ3) is 8.55. The van der Waals surface area contributed by atoms with Crippen molar-refractivity contribution in [2.75, 3.05) is 0 Å².